The van der Waals surface area contributed by atoms with Crippen molar-refractivity contribution in [3.05, 3.63) is 63.6 Å². The van der Waals surface area contributed by atoms with Crippen LogP contribution in [0, 0.1) is 0 Å². The highest BCUT2D eigenvalue weighted by atomic mass is 35.5. The molecule has 0 saturated heterocycles. The zero-order valence-corrected chi connectivity index (χ0v) is 12.3. The molecule has 6 heteroatoms. The average molecular weight is 324 g/mol. The first kappa shape index (κ1) is 15.4. The summed E-state index contributed by atoms with van der Waals surface area (Å²) in [6.07, 6.45) is -0.0642. The predicted molar refractivity (Wildman–Crippen MR) is 82.2 cm³/mol. The van der Waals surface area contributed by atoms with E-state index in [9.17, 15) is 9.59 Å². The molecule has 2 N–H and O–H groups in total. The summed E-state index contributed by atoms with van der Waals surface area (Å²) in [7, 11) is 0. The summed E-state index contributed by atoms with van der Waals surface area (Å²) in [5, 5.41) is 12.3. The standard InChI is InChI=1S/C15H11Cl2NO3/c16-11-6-3-7-12(14(11)17)18-13(19)8-9-4-1-2-5-10(9)15(20)21/h1-7H,8H2,(H,18,19)(H,20,21). The largest absolute Gasteiger partial charge is 0.478 e. The Morgan fingerprint density at radius 3 is 2.48 bits per heavy atom. The second-order valence-electron chi connectivity index (χ2n) is 4.29. The molecule has 2 rings (SSSR count). The van der Waals surface area contributed by atoms with E-state index in [1.165, 1.54) is 6.07 Å². The van der Waals surface area contributed by atoms with Crippen LogP contribution in [0.1, 0.15) is 15.9 Å². The quantitative estimate of drug-likeness (QED) is 0.897. The lowest BCUT2D eigenvalue weighted by molar-refractivity contribution is -0.115. The summed E-state index contributed by atoms with van der Waals surface area (Å²) in [6, 6.07) is 11.2. The van der Waals surface area contributed by atoms with Crippen molar-refractivity contribution in [3.63, 3.8) is 0 Å². The summed E-state index contributed by atoms with van der Waals surface area (Å²) >= 11 is 11.8. The Morgan fingerprint density at radius 1 is 1.05 bits per heavy atom. The first-order valence-corrected chi connectivity index (χ1v) is 6.79. The Labute approximate surface area is 131 Å². The van der Waals surface area contributed by atoms with Gasteiger partial charge in [0.2, 0.25) is 5.91 Å². The number of amides is 1. The van der Waals surface area contributed by atoms with E-state index in [4.69, 9.17) is 28.3 Å². The van der Waals surface area contributed by atoms with Gasteiger partial charge < -0.3 is 10.4 Å². The smallest absolute Gasteiger partial charge is 0.335 e. The number of carboxylic acids is 1. The topological polar surface area (TPSA) is 66.4 Å². The van der Waals surface area contributed by atoms with Crippen molar-refractivity contribution in [2.24, 2.45) is 0 Å². The normalized spacial score (nSPS) is 10.2. The van der Waals surface area contributed by atoms with Crippen LogP contribution in [0.15, 0.2) is 42.5 Å². The van der Waals surface area contributed by atoms with E-state index in [2.05, 4.69) is 5.32 Å². The molecular formula is C15H11Cl2NO3. The Bertz CT molecular complexity index is 701. The van der Waals surface area contributed by atoms with Crippen LogP contribution in [0.2, 0.25) is 10.0 Å². The van der Waals surface area contributed by atoms with Gasteiger partial charge >= 0.3 is 5.97 Å². The Kier molecular flexibility index (Phi) is 4.83. The van der Waals surface area contributed by atoms with E-state index in [1.807, 2.05) is 0 Å². The van der Waals surface area contributed by atoms with Crippen molar-refractivity contribution < 1.29 is 14.7 Å². The first-order chi connectivity index (χ1) is 9.99. The molecule has 0 bridgehead atoms. The van der Waals surface area contributed by atoms with Gasteiger partial charge in [0.25, 0.3) is 0 Å². The second kappa shape index (κ2) is 6.61. The summed E-state index contributed by atoms with van der Waals surface area (Å²) in [5.41, 5.74) is 0.924. The number of benzene rings is 2. The molecule has 0 aliphatic heterocycles. The van der Waals surface area contributed by atoms with Gasteiger partial charge in [0.15, 0.2) is 0 Å². The highest BCUT2D eigenvalue weighted by Crippen LogP contribution is 2.29. The van der Waals surface area contributed by atoms with Crippen LogP contribution >= 0.6 is 23.2 Å². The second-order valence-corrected chi connectivity index (χ2v) is 5.07. The molecular weight excluding hydrogens is 313 g/mol. The molecule has 1 amide bonds. The van der Waals surface area contributed by atoms with Gasteiger partial charge in [0, 0.05) is 0 Å². The van der Waals surface area contributed by atoms with Gasteiger partial charge in [-0.25, -0.2) is 4.79 Å². The number of nitrogens with one attached hydrogen (secondary N) is 1. The minimum Gasteiger partial charge on any atom is -0.478 e. The molecule has 0 unspecified atom stereocenters. The van der Waals surface area contributed by atoms with Crippen molar-refractivity contribution in [1.82, 2.24) is 0 Å². The molecule has 108 valence electrons. The number of carbonyl (C=O) groups excluding carboxylic acids is 1. The fourth-order valence-corrected chi connectivity index (χ4v) is 2.20. The van der Waals surface area contributed by atoms with Crippen molar-refractivity contribution in [2.45, 2.75) is 6.42 Å². The fraction of sp³-hybridized carbons (Fsp3) is 0.0667. The molecule has 0 atom stereocenters. The third-order valence-corrected chi connectivity index (χ3v) is 3.64. The molecule has 21 heavy (non-hydrogen) atoms. The molecule has 0 aromatic heterocycles. The van der Waals surface area contributed by atoms with Crippen molar-refractivity contribution >= 4 is 40.8 Å². The minimum atomic E-state index is -1.07. The van der Waals surface area contributed by atoms with E-state index < -0.39 is 5.97 Å². The van der Waals surface area contributed by atoms with Gasteiger partial charge in [-0.15, -0.1) is 0 Å². The van der Waals surface area contributed by atoms with Gasteiger partial charge in [-0.05, 0) is 23.8 Å². The van der Waals surface area contributed by atoms with Gasteiger partial charge in [-0.1, -0.05) is 47.5 Å². The highest BCUT2D eigenvalue weighted by molar-refractivity contribution is 6.44. The van der Waals surface area contributed by atoms with E-state index in [0.29, 0.717) is 16.3 Å². The number of rotatable bonds is 4. The lowest BCUT2D eigenvalue weighted by atomic mass is 10.0. The molecule has 0 aliphatic carbocycles. The number of carbonyl (C=O) groups is 2. The summed E-state index contributed by atoms with van der Waals surface area (Å²) in [5.74, 6) is -1.44. The zero-order valence-electron chi connectivity index (χ0n) is 10.8. The SMILES string of the molecule is O=C(Cc1ccccc1C(=O)O)Nc1cccc(Cl)c1Cl. The minimum absolute atomic E-state index is 0.0642. The van der Waals surface area contributed by atoms with Crippen molar-refractivity contribution in [3.8, 4) is 0 Å². The van der Waals surface area contributed by atoms with Crippen molar-refractivity contribution in [2.75, 3.05) is 5.32 Å². The molecule has 0 fully saturated rings. The van der Waals surface area contributed by atoms with E-state index >= 15 is 0 Å². The van der Waals surface area contributed by atoms with Crippen molar-refractivity contribution in [1.29, 1.82) is 0 Å². The number of hydrogen-bond acceptors (Lipinski definition) is 2. The summed E-state index contributed by atoms with van der Waals surface area (Å²) in [4.78, 5) is 23.1. The molecule has 4 nitrogen and oxygen atoms in total. The number of carboxylic acid groups (broad SMARTS) is 1. The van der Waals surface area contributed by atoms with Crippen LogP contribution in [0.25, 0.3) is 0 Å². The van der Waals surface area contributed by atoms with Crippen LogP contribution < -0.4 is 5.32 Å². The van der Waals surface area contributed by atoms with Crippen LogP contribution in [0.4, 0.5) is 5.69 Å². The number of aromatic carboxylic acids is 1. The fourth-order valence-electron chi connectivity index (χ4n) is 1.85. The number of hydrogen-bond donors (Lipinski definition) is 2. The maximum Gasteiger partial charge on any atom is 0.335 e. The van der Waals surface area contributed by atoms with Gasteiger partial charge in [-0.3, -0.25) is 4.79 Å². The third-order valence-electron chi connectivity index (χ3n) is 2.82. The Morgan fingerprint density at radius 2 is 1.76 bits per heavy atom. The molecule has 0 heterocycles. The van der Waals surface area contributed by atoms with Gasteiger partial charge in [-0.2, -0.15) is 0 Å². The molecule has 0 aliphatic rings. The van der Waals surface area contributed by atoms with Crippen LogP contribution in [0.5, 0.6) is 0 Å². The number of halogens is 2. The molecule has 0 radical (unpaired) electrons. The monoisotopic (exact) mass is 323 g/mol. The van der Waals surface area contributed by atoms with Crippen LogP contribution in [0.3, 0.4) is 0 Å². The maximum atomic E-state index is 12.0. The molecule has 2 aromatic carbocycles. The lowest BCUT2D eigenvalue weighted by Crippen LogP contribution is -2.16. The number of anilines is 1. The van der Waals surface area contributed by atoms with E-state index in [0.717, 1.165) is 0 Å². The molecule has 0 saturated carbocycles. The Balaban J connectivity index is 2.16. The molecule has 2 aromatic rings. The zero-order chi connectivity index (χ0) is 15.4. The Hall–Kier alpha value is -2.04. The summed E-state index contributed by atoms with van der Waals surface area (Å²) < 4.78 is 0. The van der Waals surface area contributed by atoms with Gasteiger partial charge in [0.05, 0.1) is 27.7 Å². The first-order valence-electron chi connectivity index (χ1n) is 6.04. The van der Waals surface area contributed by atoms with Gasteiger partial charge in [0.1, 0.15) is 0 Å². The molecule has 0 spiro atoms. The summed E-state index contributed by atoms with van der Waals surface area (Å²) in [6.45, 7) is 0. The lowest BCUT2D eigenvalue weighted by Gasteiger charge is -2.09. The van der Waals surface area contributed by atoms with Crippen LogP contribution in [-0.2, 0) is 11.2 Å². The maximum absolute atomic E-state index is 12.0. The van der Waals surface area contributed by atoms with E-state index in [-0.39, 0.29) is 22.9 Å². The highest BCUT2D eigenvalue weighted by Gasteiger charge is 2.14. The predicted octanol–water partition coefficient (Wildman–Crippen LogP) is 3.87. The third kappa shape index (κ3) is 3.74. The van der Waals surface area contributed by atoms with Crippen LogP contribution in [-0.4, -0.2) is 17.0 Å². The van der Waals surface area contributed by atoms with E-state index in [1.54, 1.807) is 36.4 Å². The average Bonchev–Trinajstić information content (AvgIpc) is 2.44.